The van der Waals surface area contributed by atoms with Crippen molar-refractivity contribution in [1.29, 1.82) is 0 Å². The lowest BCUT2D eigenvalue weighted by atomic mass is 10.2. The molecule has 2 aromatic rings. The number of nitrogens with one attached hydrogen (secondary N) is 1. The van der Waals surface area contributed by atoms with Crippen LogP contribution in [0, 0.1) is 5.82 Å². The Morgan fingerprint density at radius 3 is 2.83 bits per heavy atom. The van der Waals surface area contributed by atoms with E-state index in [1.54, 1.807) is 12.1 Å². The van der Waals surface area contributed by atoms with E-state index in [0.29, 0.717) is 19.0 Å². The van der Waals surface area contributed by atoms with Crippen LogP contribution in [0.25, 0.3) is 0 Å². The Morgan fingerprint density at radius 2 is 2.10 bits per heavy atom. The number of morpholine rings is 1. The second kappa shape index (κ2) is 10.5. The average molecular weight is 404 g/mol. The van der Waals surface area contributed by atoms with Crippen molar-refractivity contribution in [3.63, 3.8) is 0 Å². The maximum atomic E-state index is 13.6. The van der Waals surface area contributed by atoms with E-state index in [9.17, 15) is 9.18 Å². The molecule has 1 saturated heterocycles. The first-order chi connectivity index (χ1) is 14.0. The fourth-order valence-electron chi connectivity index (χ4n) is 3.23. The molecule has 0 radical (unpaired) electrons. The molecule has 0 atom stereocenters. The zero-order valence-corrected chi connectivity index (χ0v) is 17.1. The lowest BCUT2D eigenvalue weighted by Gasteiger charge is -2.29. The Morgan fingerprint density at radius 1 is 1.31 bits per heavy atom. The molecule has 7 nitrogen and oxygen atoms in total. The van der Waals surface area contributed by atoms with E-state index in [0.717, 1.165) is 45.0 Å². The summed E-state index contributed by atoms with van der Waals surface area (Å²) in [7, 11) is 0. The van der Waals surface area contributed by atoms with Gasteiger partial charge in [0.15, 0.2) is 5.69 Å². The fraction of sp³-hybridized carbons (Fsp3) is 0.524. The third kappa shape index (κ3) is 6.92. The number of oxazole rings is 1. The molecule has 8 heteroatoms. The summed E-state index contributed by atoms with van der Waals surface area (Å²) < 4.78 is 24.5. The van der Waals surface area contributed by atoms with Gasteiger partial charge in [0, 0.05) is 38.8 Å². The number of benzene rings is 1. The SMILES string of the molecule is CC(C)NC(=O)c1coc(CN(CCN2CCOCC2)Cc2cccc(F)c2)n1. The van der Waals surface area contributed by atoms with Crippen LogP contribution in [0.3, 0.4) is 0 Å². The van der Waals surface area contributed by atoms with Crippen molar-refractivity contribution >= 4 is 5.91 Å². The Bertz CT molecular complexity index is 790. The van der Waals surface area contributed by atoms with E-state index in [2.05, 4.69) is 20.1 Å². The van der Waals surface area contributed by atoms with E-state index in [-0.39, 0.29) is 23.5 Å². The zero-order chi connectivity index (χ0) is 20.6. The molecule has 1 amide bonds. The van der Waals surface area contributed by atoms with Crippen molar-refractivity contribution < 1.29 is 18.3 Å². The number of amides is 1. The number of carbonyl (C=O) groups excluding carboxylic acids is 1. The van der Waals surface area contributed by atoms with Crippen LogP contribution in [0.2, 0.25) is 0 Å². The number of ether oxygens (including phenoxy) is 1. The molecule has 1 aromatic heterocycles. The summed E-state index contributed by atoms with van der Waals surface area (Å²) in [5.74, 6) is -0.0309. The number of hydrogen-bond donors (Lipinski definition) is 1. The Balaban J connectivity index is 1.65. The fourth-order valence-corrected chi connectivity index (χ4v) is 3.23. The molecule has 1 aromatic carbocycles. The topological polar surface area (TPSA) is 70.8 Å². The molecule has 0 spiro atoms. The highest BCUT2D eigenvalue weighted by molar-refractivity contribution is 5.92. The van der Waals surface area contributed by atoms with Crippen molar-refractivity contribution in [3.8, 4) is 0 Å². The molecule has 29 heavy (non-hydrogen) atoms. The van der Waals surface area contributed by atoms with Gasteiger partial charge in [0.05, 0.1) is 19.8 Å². The average Bonchev–Trinajstić information content (AvgIpc) is 3.15. The first-order valence-corrected chi connectivity index (χ1v) is 10.0. The summed E-state index contributed by atoms with van der Waals surface area (Å²) in [5.41, 5.74) is 1.16. The van der Waals surface area contributed by atoms with E-state index in [1.165, 1.54) is 12.3 Å². The number of halogens is 1. The van der Waals surface area contributed by atoms with Gasteiger partial charge in [-0.2, -0.15) is 0 Å². The molecule has 0 unspecified atom stereocenters. The number of nitrogens with zero attached hydrogens (tertiary/aromatic N) is 3. The van der Waals surface area contributed by atoms with Gasteiger partial charge in [0.25, 0.3) is 5.91 Å². The van der Waals surface area contributed by atoms with Crippen molar-refractivity contribution in [2.75, 3.05) is 39.4 Å². The van der Waals surface area contributed by atoms with E-state index in [1.807, 2.05) is 19.9 Å². The summed E-state index contributed by atoms with van der Waals surface area (Å²) in [5, 5.41) is 2.80. The van der Waals surface area contributed by atoms with Crippen molar-refractivity contribution in [2.45, 2.75) is 33.0 Å². The van der Waals surface area contributed by atoms with E-state index in [4.69, 9.17) is 9.15 Å². The third-order valence-corrected chi connectivity index (χ3v) is 4.69. The van der Waals surface area contributed by atoms with Gasteiger partial charge in [-0.1, -0.05) is 12.1 Å². The third-order valence-electron chi connectivity index (χ3n) is 4.69. The summed E-state index contributed by atoms with van der Waals surface area (Å²) in [6, 6.07) is 6.63. The molecule has 0 aliphatic carbocycles. The largest absolute Gasteiger partial charge is 0.447 e. The van der Waals surface area contributed by atoms with Gasteiger partial charge < -0.3 is 14.5 Å². The van der Waals surface area contributed by atoms with Crippen LogP contribution in [0.5, 0.6) is 0 Å². The second-order valence-corrected chi connectivity index (χ2v) is 7.55. The first-order valence-electron chi connectivity index (χ1n) is 10.0. The Kier molecular flexibility index (Phi) is 7.74. The second-order valence-electron chi connectivity index (χ2n) is 7.55. The number of rotatable bonds is 9. The normalized spacial score (nSPS) is 15.2. The van der Waals surface area contributed by atoms with Gasteiger partial charge in [-0.05, 0) is 31.5 Å². The van der Waals surface area contributed by atoms with Crippen LogP contribution in [0.4, 0.5) is 4.39 Å². The number of aromatic nitrogens is 1. The molecule has 1 fully saturated rings. The minimum absolute atomic E-state index is 0.0284. The quantitative estimate of drug-likeness (QED) is 0.692. The number of carbonyl (C=O) groups is 1. The first kappa shape index (κ1) is 21.4. The van der Waals surface area contributed by atoms with Crippen molar-refractivity contribution in [3.05, 3.63) is 53.5 Å². The van der Waals surface area contributed by atoms with Crippen LogP contribution in [0.15, 0.2) is 34.9 Å². The predicted molar refractivity (Wildman–Crippen MR) is 107 cm³/mol. The highest BCUT2D eigenvalue weighted by atomic mass is 19.1. The van der Waals surface area contributed by atoms with E-state index >= 15 is 0 Å². The van der Waals surface area contributed by atoms with Crippen LogP contribution < -0.4 is 5.32 Å². The predicted octanol–water partition coefficient (Wildman–Crippen LogP) is 2.29. The molecular weight excluding hydrogens is 375 g/mol. The molecule has 0 saturated carbocycles. The molecule has 1 aliphatic rings. The minimum Gasteiger partial charge on any atom is -0.447 e. The van der Waals surface area contributed by atoms with Gasteiger partial charge in [-0.15, -0.1) is 0 Å². The van der Waals surface area contributed by atoms with Crippen LogP contribution in [0.1, 0.15) is 35.8 Å². The molecule has 2 heterocycles. The van der Waals surface area contributed by atoms with Crippen LogP contribution >= 0.6 is 0 Å². The maximum Gasteiger partial charge on any atom is 0.273 e. The smallest absolute Gasteiger partial charge is 0.273 e. The van der Waals surface area contributed by atoms with Gasteiger partial charge >= 0.3 is 0 Å². The monoisotopic (exact) mass is 404 g/mol. The summed E-state index contributed by atoms with van der Waals surface area (Å²) in [4.78, 5) is 20.9. The van der Waals surface area contributed by atoms with Gasteiger partial charge in [0.1, 0.15) is 12.1 Å². The van der Waals surface area contributed by atoms with Crippen LogP contribution in [-0.2, 0) is 17.8 Å². The zero-order valence-electron chi connectivity index (χ0n) is 17.1. The lowest BCUT2D eigenvalue weighted by molar-refractivity contribution is 0.0320. The number of hydrogen-bond acceptors (Lipinski definition) is 6. The van der Waals surface area contributed by atoms with Gasteiger partial charge in [0.2, 0.25) is 5.89 Å². The molecule has 0 bridgehead atoms. The van der Waals surface area contributed by atoms with Crippen molar-refractivity contribution in [1.82, 2.24) is 20.1 Å². The highest BCUT2D eigenvalue weighted by Gasteiger charge is 2.17. The maximum absolute atomic E-state index is 13.6. The molecule has 1 aliphatic heterocycles. The summed E-state index contributed by atoms with van der Waals surface area (Å²) >= 11 is 0. The molecular formula is C21H29FN4O3. The molecule has 3 rings (SSSR count). The lowest BCUT2D eigenvalue weighted by Crippen LogP contribution is -2.41. The molecule has 1 N–H and O–H groups in total. The van der Waals surface area contributed by atoms with Gasteiger partial charge in [-0.3, -0.25) is 14.6 Å². The van der Waals surface area contributed by atoms with E-state index < -0.39 is 0 Å². The Hall–Kier alpha value is -2.29. The standard InChI is InChI=1S/C21H29FN4O3/c1-16(2)23-21(27)19-15-29-20(24-19)14-26(7-6-25-8-10-28-11-9-25)13-17-4-3-5-18(22)12-17/h3-5,12,15-16H,6-11,13-14H2,1-2H3,(H,23,27). The summed E-state index contributed by atoms with van der Waals surface area (Å²) in [6.07, 6.45) is 1.38. The highest BCUT2D eigenvalue weighted by Crippen LogP contribution is 2.12. The van der Waals surface area contributed by atoms with Crippen LogP contribution in [-0.4, -0.2) is 66.1 Å². The Labute approximate surface area is 170 Å². The molecule has 158 valence electrons. The minimum atomic E-state index is -0.251. The van der Waals surface area contributed by atoms with Crippen molar-refractivity contribution in [2.24, 2.45) is 0 Å². The summed E-state index contributed by atoms with van der Waals surface area (Å²) in [6.45, 7) is 9.76. The van der Waals surface area contributed by atoms with Gasteiger partial charge in [-0.25, -0.2) is 9.37 Å².